The number of carbonyl (C=O) groups is 3. The number of aliphatic carboxylic acids is 1. The lowest BCUT2D eigenvalue weighted by atomic mass is 9.88. The van der Waals surface area contributed by atoms with E-state index in [9.17, 15) is 101 Å². The van der Waals surface area contributed by atoms with Crippen LogP contribution in [0.5, 0.6) is 0 Å². The third-order valence-electron chi connectivity index (χ3n) is 16.3. The van der Waals surface area contributed by atoms with Crippen molar-refractivity contribution in [2.24, 2.45) is 5.73 Å². The summed E-state index contributed by atoms with van der Waals surface area (Å²) >= 11 is 0. The molecule has 5 aliphatic rings. The molecule has 512 valence electrons. The predicted molar refractivity (Wildman–Crippen MR) is 295 cm³/mol. The van der Waals surface area contributed by atoms with E-state index in [4.69, 9.17) is 53.1 Å². The topological polar surface area (TPSA) is 538 Å². The fourth-order valence-electron chi connectivity index (χ4n) is 11.3. The first-order valence-electron chi connectivity index (χ1n) is 30.1. The number of hydrogen-bond acceptors (Lipinski definition) is 30. The predicted octanol–water partition coefficient (Wildman–Crippen LogP) is -7.46. The highest BCUT2D eigenvalue weighted by atomic mass is 16.8. The van der Waals surface area contributed by atoms with Crippen LogP contribution < -0.4 is 16.4 Å². The molecule has 33 nitrogen and oxygen atoms in total. The average molecular weight is 1280 g/mol. The number of allylic oxidation sites excluding steroid dienone is 1. The minimum Gasteiger partial charge on any atom is -0.477 e. The van der Waals surface area contributed by atoms with Gasteiger partial charge in [-0.05, 0) is 12.8 Å². The van der Waals surface area contributed by atoms with Gasteiger partial charge in [-0.25, -0.2) is 4.79 Å². The molecule has 28 atom stereocenters. The van der Waals surface area contributed by atoms with Crippen molar-refractivity contribution < 1.29 is 149 Å². The second kappa shape index (κ2) is 36.5. The largest absolute Gasteiger partial charge is 0.477 e. The minimum atomic E-state index is -3.36. The Bertz CT molecular complexity index is 2090. The van der Waals surface area contributed by atoms with Gasteiger partial charge in [-0.1, -0.05) is 83.3 Å². The molecule has 5 aliphatic heterocycles. The molecule has 21 N–H and O–H groups in total. The van der Waals surface area contributed by atoms with E-state index in [-0.39, 0.29) is 0 Å². The number of rotatable bonds is 35. The second-order valence-corrected chi connectivity index (χ2v) is 23.1. The smallest absolute Gasteiger partial charge is 0.364 e. The van der Waals surface area contributed by atoms with Gasteiger partial charge in [0.2, 0.25) is 11.8 Å². The molecule has 5 heterocycles. The number of amides is 2. The van der Waals surface area contributed by atoms with Gasteiger partial charge in [0, 0.05) is 20.3 Å². The SMILES string of the molecule is CCCCCCCCCCCCCC=CC(O)C(N)COC1OC(CO)C(OC2OC(CO)C(OC3OC(CO)C(O)C(OC4OC(CO)C(O)C(O)C4O)C3NC(C)=O)C(OC3(C(=O)O)CC(O)C(NC(C)=O)C(C(O)C(O)CO)O3)C2O)C(O)C1O. The Morgan fingerprint density at radius 3 is 1.64 bits per heavy atom. The van der Waals surface area contributed by atoms with Crippen molar-refractivity contribution in [3.8, 4) is 0 Å². The molecule has 0 bridgehead atoms. The van der Waals surface area contributed by atoms with Gasteiger partial charge in [-0.3, -0.25) is 9.59 Å². The molecule has 0 saturated carbocycles. The van der Waals surface area contributed by atoms with E-state index < -0.39 is 235 Å². The van der Waals surface area contributed by atoms with Gasteiger partial charge in [0.15, 0.2) is 25.2 Å². The fraction of sp³-hybridized carbons (Fsp3) is 0.909. The second-order valence-electron chi connectivity index (χ2n) is 23.1. The summed E-state index contributed by atoms with van der Waals surface area (Å²) in [5.41, 5.74) is 6.20. The van der Waals surface area contributed by atoms with Gasteiger partial charge in [0.05, 0.1) is 63.9 Å². The molecule has 0 aliphatic carbocycles. The van der Waals surface area contributed by atoms with E-state index in [1.807, 2.05) is 0 Å². The number of unbranched alkanes of at least 4 members (excludes halogenated alkanes) is 11. The molecule has 88 heavy (non-hydrogen) atoms. The molecule has 0 aromatic heterocycles. The first-order chi connectivity index (χ1) is 41.8. The quantitative estimate of drug-likeness (QED) is 0.0207. The lowest BCUT2D eigenvalue weighted by Gasteiger charge is -2.52. The highest BCUT2D eigenvalue weighted by molar-refractivity contribution is 5.76. The number of carboxylic acids is 1. The van der Waals surface area contributed by atoms with E-state index in [1.165, 1.54) is 51.0 Å². The zero-order valence-corrected chi connectivity index (χ0v) is 49.7. The van der Waals surface area contributed by atoms with E-state index >= 15 is 0 Å². The van der Waals surface area contributed by atoms with E-state index in [0.29, 0.717) is 6.42 Å². The number of hydrogen-bond donors (Lipinski definition) is 20. The molecule has 0 radical (unpaired) electrons. The summed E-state index contributed by atoms with van der Waals surface area (Å²) in [4.78, 5) is 38.9. The molecular weight excluding hydrogens is 1180 g/mol. The maximum atomic E-state index is 13.6. The van der Waals surface area contributed by atoms with Crippen LogP contribution in [0, 0.1) is 0 Å². The highest BCUT2D eigenvalue weighted by Crippen LogP contribution is 2.41. The van der Waals surface area contributed by atoms with E-state index in [0.717, 1.165) is 39.5 Å². The molecule has 2 amide bonds. The molecule has 5 fully saturated rings. The minimum absolute atomic E-state index is 0.457. The molecule has 28 unspecified atom stereocenters. The Morgan fingerprint density at radius 2 is 1.07 bits per heavy atom. The summed E-state index contributed by atoms with van der Waals surface area (Å²) in [5.74, 6) is -7.28. The maximum Gasteiger partial charge on any atom is 0.364 e. The Balaban J connectivity index is 1.42. The van der Waals surface area contributed by atoms with Crippen LogP contribution in [0.15, 0.2) is 12.2 Å². The van der Waals surface area contributed by atoms with Crippen LogP contribution in [-0.2, 0) is 61.8 Å². The number of ether oxygens (including phenoxy) is 10. The molecule has 5 saturated heterocycles. The number of nitrogens with one attached hydrogen (secondary N) is 2. The van der Waals surface area contributed by atoms with Gasteiger partial charge >= 0.3 is 5.97 Å². The lowest BCUT2D eigenvalue weighted by molar-refractivity contribution is -0.403. The summed E-state index contributed by atoms with van der Waals surface area (Å²) < 4.78 is 58.9. The first-order valence-corrected chi connectivity index (χ1v) is 30.1. The van der Waals surface area contributed by atoms with Crippen LogP contribution in [0.2, 0.25) is 0 Å². The van der Waals surface area contributed by atoms with Crippen molar-refractivity contribution in [2.75, 3.05) is 39.6 Å². The average Bonchev–Trinajstić information content (AvgIpc) is 1.10. The molecule has 33 heteroatoms. The maximum absolute atomic E-state index is 13.6. The molecule has 5 rings (SSSR count). The third kappa shape index (κ3) is 19.8. The van der Waals surface area contributed by atoms with Gasteiger partial charge in [-0.15, -0.1) is 0 Å². The fourth-order valence-corrected chi connectivity index (χ4v) is 11.3. The molecule has 0 spiro atoms. The van der Waals surface area contributed by atoms with Gasteiger partial charge < -0.3 is 151 Å². The number of nitrogens with two attached hydrogens (primary N) is 1. The van der Waals surface area contributed by atoms with Crippen LogP contribution in [0.1, 0.15) is 104 Å². The van der Waals surface area contributed by atoms with Crippen molar-refractivity contribution in [1.82, 2.24) is 10.6 Å². The summed E-state index contributed by atoms with van der Waals surface area (Å²) in [6.07, 6.45) is -32.9. The van der Waals surface area contributed by atoms with Crippen molar-refractivity contribution in [2.45, 2.75) is 275 Å². The normalized spacial score (nSPS) is 39.6. The number of carboxylic acid groups (broad SMARTS) is 1. The number of aliphatic hydroxyl groups is 16. The van der Waals surface area contributed by atoms with Crippen molar-refractivity contribution in [3.63, 3.8) is 0 Å². The first kappa shape index (κ1) is 75.8. The Hall–Kier alpha value is -2.93. The summed E-state index contributed by atoms with van der Waals surface area (Å²) in [7, 11) is 0. The standard InChI is InChI=1S/C55H97N3O30/c1-4-5-6-7-8-9-10-11-12-13-14-15-16-17-28(66)27(56)24-79-51-43(75)41(73)45(33(22-62)82-51)84-53-44(76)49(88-55(54(77)78)18-29(67)35(57-25(2)64)48(87-55)37(69)30(68)19-59)46(34(23-63)83-53)85-50-36(58-26(3)65)47(39(71)32(21-61)80-50)86-52-42(74)40(72)38(70)31(20-60)81-52/h16-17,27-53,59-63,66-76H,4-15,18-24,56H2,1-3H3,(H,57,64)(H,58,65)(H,77,78). The third-order valence-corrected chi connectivity index (χ3v) is 16.3. The molecular formula is C55H97N3O30. The van der Waals surface area contributed by atoms with Crippen LogP contribution in [-0.4, -0.2) is 315 Å². The monoisotopic (exact) mass is 1280 g/mol. The molecule has 0 aromatic rings. The zero-order valence-electron chi connectivity index (χ0n) is 49.7. The van der Waals surface area contributed by atoms with Crippen molar-refractivity contribution in [3.05, 3.63) is 12.2 Å². The number of aliphatic hydroxyl groups excluding tert-OH is 16. The lowest BCUT2D eigenvalue weighted by Crippen LogP contribution is -2.72. The van der Waals surface area contributed by atoms with Crippen LogP contribution in [0.4, 0.5) is 0 Å². The van der Waals surface area contributed by atoms with E-state index in [1.54, 1.807) is 6.08 Å². The van der Waals surface area contributed by atoms with Crippen molar-refractivity contribution >= 4 is 17.8 Å². The van der Waals surface area contributed by atoms with Crippen LogP contribution >= 0.6 is 0 Å². The number of carbonyl (C=O) groups excluding carboxylic acids is 2. The van der Waals surface area contributed by atoms with Crippen LogP contribution in [0.25, 0.3) is 0 Å². The van der Waals surface area contributed by atoms with Gasteiger partial charge in [0.25, 0.3) is 5.79 Å². The summed E-state index contributed by atoms with van der Waals surface area (Å²) in [6.45, 7) is -1.77. The van der Waals surface area contributed by atoms with Crippen LogP contribution in [0.3, 0.4) is 0 Å². The van der Waals surface area contributed by atoms with Crippen molar-refractivity contribution in [1.29, 1.82) is 0 Å². The Labute approximate surface area is 508 Å². The zero-order chi connectivity index (χ0) is 65.2. The van der Waals surface area contributed by atoms with Gasteiger partial charge in [-0.2, -0.15) is 0 Å². The summed E-state index contributed by atoms with van der Waals surface area (Å²) in [5, 5.41) is 190. The Kier molecular flexibility index (Phi) is 31.4. The Morgan fingerprint density at radius 1 is 0.580 bits per heavy atom. The molecule has 0 aromatic carbocycles. The highest BCUT2D eigenvalue weighted by Gasteiger charge is 2.62. The van der Waals surface area contributed by atoms with Gasteiger partial charge in [0.1, 0.15) is 116 Å². The van der Waals surface area contributed by atoms with E-state index in [2.05, 4.69) is 17.6 Å². The summed E-state index contributed by atoms with van der Waals surface area (Å²) in [6, 6.07) is -4.71.